The van der Waals surface area contributed by atoms with E-state index in [-0.39, 0.29) is 13.2 Å². The molecule has 0 aromatic heterocycles. The number of epoxide rings is 2. The molecule has 2 aliphatic heterocycles. The molecule has 16 nitrogen and oxygen atoms in total. The van der Waals surface area contributed by atoms with Gasteiger partial charge in [0.2, 0.25) is 0 Å². The van der Waals surface area contributed by atoms with E-state index in [1.807, 2.05) is 0 Å². The first-order chi connectivity index (χ1) is 24.4. The second-order valence-electron chi connectivity index (χ2n) is 14.1. The summed E-state index contributed by atoms with van der Waals surface area (Å²) in [5.41, 5.74) is 0. The van der Waals surface area contributed by atoms with Crippen molar-refractivity contribution in [1.29, 1.82) is 0 Å². The van der Waals surface area contributed by atoms with Gasteiger partial charge in [-0.1, -0.05) is 123 Å². The van der Waals surface area contributed by atoms with E-state index in [4.69, 9.17) is 33.9 Å². The molecule has 2 heterocycles. The maximum absolute atomic E-state index is 11.4. The molecule has 20 heteroatoms. The number of unbranched alkanes of at least 4 members (excludes halogenated alkanes) is 12. The van der Waals surface area contributed by atoms with E-state index >= 15 is 0 Å². The van der Waals surface area contributed by atoms with Gasteiger partial charge in [0.05, 0.1) is 38.6 Å². The van der Waals surface area contributed by atoms with Gasteiger partial charge < -0.3 is 38.8 Å². The number of ether oxygens (including phenoxy) is 2. The third kappa shape index (κ3) is 34.9. The first kappa shape index (κ1) is 50.5. The second-order valence-corrected chi connectivity index (χ2v) is 19.7. The number of hydrogen-bond donors (Lipinski definition) is 6. The van der Waals surface area contributed by atoms with Crippen molar-refractivity contribution >= 4 is 31.3 Å². The first-order valence-corrected chi connectivity index (χ1v) is 25.2. The van der Waals surface area contributed by atoms with E-state index in [0.29, 0.717) is 36.9 Å². The summed E-state index contributed by atoms with van der Waals surface area (Å²) < 4.78 is 70.8. The highest BCUT2D eigenvalue weighted by atomic mass is 31.3. The summed E-state index contributed by atoms with van der Waals surface area (Å²) in [4.78, 5) is 52.4. The predicted molar refractivity (Wildman–Crippen MR) is 197 cm³/mol. The zero-order chi connectivity index (χ0) is 38.9. The minimum atomic E-state index is -5.04. The molecule has 6 N–H and O–H groups in total. The lowest BCUT2D eigenvalue weighted by Crippen LogP contribution is -2.05. The molecule has 0 aromatic carbocycles. The van der Waals surface area contributed by atoms with Gasteiger partial charge in [-0.2, -0.15) is 8.62 Å². The fourth-order valence-electron chi connectivity index (χ4n) is 5.87. The molecule has 0 spiro atoms. The Labute approximate surface area is 311 Å². The first-order valence-electron chi connectivity index (χ1n) is 19.1. The molecular weight excluding hydrogens is 764 g/mol. The van der Waals surface area contributed by atoms with Crippen LogP contribution in [0.2, 0.25) is 0 Å². The molecule has 6 atom stereocenters. The summed E-state index contributed by atoms with van der Waals surface area (Å²) in [7, 11) is -19.5. The van der Waals surface area contributed by atoms with Gasteiger partial charge in [0.1, 0.15) is 0 Å². The van der Waals surface area contributed by atoms with E-state index in [1.165, 1.54) is 96.3 Å². The van der Waals surface area contributed by atoms with Crippen LogP contribution in [0.3, 0.4) is 0 Å². The number of phosphoric ester groups is 2. The minimum Gasteiger partial charge on any atom is -0.373 e. The zero-order valence-corrected chi connectivity index (χ0v) is 34.8. The third-order valence-corrected chi connectivity index (χ3v) is 13.4. The normalized spacial score (nSPS) is 20.7. The van der Waals surface area contributed by atoms with E-state index < -0.39 is 31.3 Å². The van der Waals surface area contributed by atoms with Gasteiger partial charge in [0.15, 0.2) is 0 Å². The summed E-state index contributed by atoms with van der Waals surface area (Å²) in [6.45, 7) is 5.98. The molecule has 2 aliphatic rings. The van der Waals surface area contributed by atoms with E-state index in [2.05, 4.69) is 31.5 Å². The molecule has 2 saturated heterocycles. The van der Waals surface area contributed by atoms with E-state index in [9.17, 15) is 23.2 Å². The summed E-state index contributed by atoms with van der Waals surface area (Å²) in [6.07, 6.45) is 26.0. The minimum absolute atomic E-state index is 0.0585. The summed E-state index contributed by atoms with van der Waals surface area (Å²) in [5, 5.41) is 0. The molecule has 0 saturated carbocycles. The van der Waals surface area contributed by atoms with Crippen LogP contribution < -0.4 is 0 Å². The summed E-state index contributed by atoms with van der Waals surface area (Å²) in [6, 6.07) is 0. The number of rotatable bonds is 34. The van der Waals surface area contributed by atoms with Crippen molar-refractivity contribution in [3.8, 4) is 0 Å². The van der Waals surface area contributed by atoms with Crippen LogP contribution >= 0.6 is 31.3 Å². The van der Waals surface area contributed by atoms with Crippen LogP contribution in [0, 0.1) is 11.8 Å². The molecule has 0 radical (unpaired) electrons. The Bertz CT molecular complexity index is 1090. The van der Waals surface area contributed by atoms with Crippen molar-refractivity contribution in [2.45, 2.75) is 167 Å². The van der Waals surface area contributed by atoms with Crippen LogP contribution in [0.4, 0.5) is 0 Å². The molecule has 0 aliphatic carbocycles. The van der Waals surface area contributed by atoms with Gasteiger partial charge in [0, 0.05) is 0 Å². The Morgan fingerprint density at radius 1 is 0.538 bits per heavy atom. The average Bonchev–Trinajstić information content (AvgIpc) is 3.95. The lowest BCUT2D eigenvalue weighted by Gasteiger charge is -2.16. The number of hydrogen-bond acceptors (Lipinski definition) is 10. The molecule has 0 aromatic rings. The second kappa shape index (κ2) is 27.9. The van der Waals surface area contributed by atoms with Crippen LogP contribution in [-0.2, 0) is 45.4 Å². The van der Waals surface area contributed by atoms with Crippen LogP contribution in [0.25, 0.3) is 0 Å². The van der Waals surface area contributed by atoms with Gasteiger partial charge in [0.25, 0.3) is 0 Å². The van der Waals surface area contributed by atoms with Crippen molar-refractivity contribution in [2.75, 3.05) is 26.4 Å². The van der Waals surface area contributed by atoms with Gasteiger partial charge in [-0.15, -0.1) is 0 Å². The number of phosphoric acid groups is 4. The Morgan fingerprint density at radius 2 is 0.904 bits per heavy atom. The van der Waals surface area contributed by atoms with Crippen molar-refractivity contribution in [3.05, 3.63) is 0 Å². The van der Waals surface area contributed by atoms with Crippen LogP contribution in [0.15, 0.2) is 0 Å². The lowest BCUT2D eigenvalue weighted by molar-refractivity contribution is 0.166. The largest absolute Gasteiger partial charge is 0.481 e. The molecule has 312 valence electrons. The molecular formula is C32H68O16P4. The summed E-state index contributed by atoms with van der Waals surface area (Å²) in [5.74, 6) is 0.849. The van der Waals surface area contributed by atoms with E-state index in [1.54, 1.807) is 0 Å². The molecule has 2 rings (SSSR count). The van der Waals surface area contributed by atoms with Crippen LogP contribution in [0.5, 0.6) is 0 Å². The monoisotopic (exact) mass is 832 g/mol. The molecule has 0 amide bonds. The topological polar surface area (TPSA) is 252 Å². The predicted octanol–water partition coefficient (Wildman–Crippen LogP) is 9.08. The van der Waals surface area contributed by atoms with Gasteiger partial charge in [-0.25, -0.2) is 18.3 Å². The Morgan fingerprint density at radius 3 is 1.31 bits per heavy atom. The Hall–Kier alpha value is 0.440. The van der Waals surface area contributed by atoms with Crippen molar-refractivity contribution in [1.82, 2.24) is 0 Å². The maximum atomic E-state index is 11.4. The lowest BCUT2D eigenvalue weighted by atomic mass is 9.95. The van der Waals surface area contributed by atoms with Gasteiger partial charge in [-0.05, 0) is 43.9 Å². The van der Waals surface area contributed by atoms with Crippen LogP contribution in [0.1, 0.15) is 155 Å². The molecule has 52 heavy (non-hydrogen) atoms. The summed E-state index contributed by atoms with van der Waals surface area (Å²) >= 11 is 0. The molecule has 0 bridgehead atoms. The standard InChI is InChI=1S/2C16H34O8P2/c1-15(11-9-13-23-26(20,21)24-25(17,18)19)10-7-5-3-2-4-6-8-12-16-14-22-16;1-2-15(12-13-23-26(20,21)24-25(17,18)19)10-8-6-4-3-5-7-9-11-16-14-22-16/h2*15-16H,2-14H2,1H3,(H,20,21)(H2,17,18,19). The Balaban J connectivity index is 0.000000520. The molecule has 6 unspecified atom stereocenters. The SMILES string of the molecule is CC(CCCCCCCCCC1CO1)CCCOP(=O)(O)OP(=O)(O)O.CCC(CCCCCCCCCC1CO1)CCOP(=O)(O)OP(=O)(O)O. The Kier molecular flexibility index (Phi) is 27.1. The average molecular weight is 833 g/mol. The quantitative estimate of drug-likeness (QED) is 0.0201. The van der Waals surface area contributed by atoms with Gasteiger partial charge >= 0.3 is 31.3 Å². The third-order valence-electron chi connectivity index (χ3n) is 9.04. The van der Waals surface area contributed by atoms with Gasteiger partial charge in [-0.3, -0.25) is 9.05 Å². The fourth-order valence-corrected chi connectivity index (χ4v) is 9.09. The highest BCUT2D eigenvalue weighted by Crippen LogP contribution is 2.58. The fraction of sp³-hybridized carbons (Fsp3) is 1.00. The zero-order valence-electron chi connectivity index (χ0n) is 31.2. The van der Waals surface area contributed by atoms with Crippen molar-refractivity contribution in [3.63, 3.8) is 0 Å². The van der Waals surface area contributed by atoms with Crippen molar-refractivity contribution < 1.29 is 74.8 Å². The molecule has 2 fully saturated rings. The van der Waals surface area contributed by atoms with Crippen molar-refractivity contribution in [2.24, 2.45) is 11.8 Å². The van der Waals surface area contributed by atoms with Crippen LogP contribution in [-0.4, -0.2) is 68.0 Å². The highest BCUT2D eigenvalue weighted by molar-refractivity contribution is 7.61. The van der Waals surface area contributed by atoms with E-state index in [0.717, 1.165) is 45.3 Å². The maximum Gasteiger partial charge on any atom is 0.481 e. The highest BCUT2D eigenvalue weighted by Gasteiger charge is 2.33. The smallest absolute Gasteiger partial charge is 0.373 e.